The van der Waals surface area contributed by atoms with Crippen molar-refractivity contribution in [1.82, 2.24) is 19.9 Å². The molecule has 7 heteroatoms. The molecule has 0 unspecified atom stereocenters. The molecule has 0 fully saturated rings. The highest BCUT2D eigenvalue weighted by Crippen LogP contribution is 2.23. The molecule has 138 valence electrons. The summed E-state index contributed by atoms with van der Waals surface area (Å²) in [6, 6.07) is 10.2. The predicted octanol–water partition coefficient (Wildman–Crippen LogP) is 3.14. The van der Waals surface area contributed by atoms with E-state index in [1.165, 1.54) is 11.8 Å². The van der Waals surface area contributed by atoms with Gasteiger partial charge in [-0.1, -0.05) is 25.1 Å². The van der Waals surface area contributed by atoms with Crippen LogP contribution < -0.4 is 10.1 Å². The minimum atomic E-state index is 0.165. The van der Waals surface area contributed by atoms with Gasteiger partial charge in [0.25, 0.3) is 5.88 Å². The zero-order valence-corrected chi connectivity index (χ0v) is 15.7. The molecule has 0 spiro atoms. The Hall–Kier alpha value is -3.24. The molecule has 0 saturated heterocycles. The molecular weight excluding hydrogens is 340 g/mol. The average molecular weight is 362 g/mol. The zero-order valence-electron chi connectivity index (χ0n) is 15.7. The number of hydrogen-bond acceptors (Lipinski definition) is 7. The number of aromatic nitrogens is 3. The van der Waals surface area contributed by atoms with E-state index in [0.717, 1.165) is 23.7 Å². The average Bonchev–Trinajstić information content (AvgIpc) is 2.67. The van der Waals surface area contributed by atoms with Crippen LogP contribution in [0.3, 0.4) is 0 Å². The van der Waals surface area contributed by atoms with Gasteiger partial charge in [0, 0.05) is 18.1 Å². The van der Waals surface area contributed by atoms with Gasteiger partial charge in [-0.25, -0.2) is 9.97 Å². The maximum absolute atomic E-state index is 9.20. The van der Waals surface area contributed by atoms with E-state index in [1.807, 2.05) is 43.4 Å². The van der Waals surface area contributed by atoms with Crippen molar-refractivity contribution in [3.8, 4) is 11.9 Å². The number of aryl methyl sites for hydroxylation is 1. The van der Waals surface area contributed by atoms with Crippen molar-refractivity contribution >= 4 is 22.4 Å². The third-order valence-corrected chi connectivity index (χ3v) is 4.12. The Kier molecular flexibility index (Phi) is 5.79. The smallest absolute Gasteiger partial charge is 0.253 e. The lowest BCUT2D eigenvalue weighted by Gasteiger charge is -2.12. The summed E-state index contributed by atoms with van der Waals surface area (Å²) in [6.07, 6.45) is 4.33. The van der Waals surface area contributed by atoms with Crippen LogP contribution in [-0.4, -0.2) is 47.1 Å². The van der Waals surface area contributed by atoms with E-state index in [9.17, 15) is 5.26 Å². The lowest BCUT2D eigenvalue weighted by Crippen LogP contribution is -2.20. The number of fused-ring (bicyclic) bond motifs is 1. The SMILES string of the molecule is CCc1cccc2cc(Nc3cnc(C#N)c(OCCN(C)C)n3)ncc12. The molecule has 0 aliphatic carbocycles. The van der Waals surface area contributed by atoms with Crippen LogP contribution in [0.4, 0.5) is 11.6 Å². The summed E-state index contributed by atoms with van der Waals surface area (Å²) in [5.74, 6) is 1.36. The molecule has 7 nitrogen and oxygen atoms in total. The standard InChI is InChI=1S/C20H22N6O/c1-4-14-6-5-7-15-10-18(23-12-16(14)15)24-19-13-22-17(11-21)20(25-19)27-9-8-26(2)3/h5-7,10,12-13H,4,8-9H2,1-3H3,(H,23,24,25). The van der Waals surface area contributed by atoms with Crippen LogP contribution in [0.2, 0.25) is 0 Å². The van der Waals surface area contributed by atoms with E-state index in [0.29, 0.717) is 18.2 Å². The summed E-state index contributed by atoms with van der Waals surface area (Å²) >= 11 is 0. The summed E-state index contributed by atoms with van der Waals surface area (Å²) in [6.45, 7) is 3.27. The van der Waals surface area contributed by atoms with Crippen LogP contribution in [0.5, 0.6) is 5.88 Å². The number of benzene rings is 1. The van der Waals surface area contributed by atoms with E-state index in [2.05, 4.69) is 39.3 Å². The van der Waals surface area contributed by atoms with Crippen LogP contribution in [0, 0.1) is 11.3 Å². The van der Waals surface area contributed by atoms with Crippen molar-refractivity contribution in [3.63, 3.8) is 0 Å². The molecule has 2 aromatic heterocycles. The summed E-state index contributed by atoms with van der Waals surface area (Å²) < 4.78 is 5.62. The van der Waals surface area contributed by atoms with E-state index in [1.54, 1.807) is 0 Å². The number of nitrogens with one attached hydrogen (secondary N) is 1. The molecule has 0 radical (unpaired) electrons. The predicted molar refractivity (Wildman–Crippen MR) is 105 cm³/mol. The molecule has 1 aromatic carbocycles. The van der Waals surface area contributed by atoms with Crippen molar-refractivity contribution in [3.05, 3.63) is 47.9 Å². The minimum Gasteiger partial charge on any atom is -0.474 e. The maximum atomic E-state index is 9.20. The highest BCUT2D eigenvalue weighted by atomic mass is 16.5. The van der Waals surface area contributed by atoms with Crippen molar-refractivity contribution in [2.24, 2.45) is 0 Å². The molecule has 0 aliphatic heterocycles. The molecule has 3 rings (SSSR count). The van der Waals surface area contributed by atoms with Gasteiger partial charge in [0.15, 0.2) is 5.82 Å². The fourth-order valence-electron chi connectivity index (χ4n) is 2.68. The maximum Gasteiger partial charge on any atom is 0.253 e. The number of pyridine rings is 1. The number of nitriles is 1. The van der Waals surface area contributed by atoms with Crippen molar-refractivity contribution in [2.75, 3.05) is 32.6 Å². The molecule has 0 bridgehead atoms. The second-order valence-electron chi connectivity index (χ2n) is 6.36. The number of hydrogen-bond donors (Lipinski definition) is 1. The first-order valence-electron chi connectivity index (χ1n) is 8.80. The van der Waals surface area contributed by atoms with E-state index in [-0.39, 0.29) is 11.6 Å². The van der Waals surface area contributed by atoms with Crippen molar-refractivity contribution < 1.29 is 4.74 Å². The monoisotopic (exact) mass is 362 g/mol. The molecule has 1 N–H and O–H groups in total. The number of likely N-dealkylation sites (N-methyl/N-ethyl adjacent to an activating group) is 1. The second-order valence-corrected chi connectivity index (χ2v) is 6.36. The highest BCUT2D eigenvalue weighted by Gasteiger charge is 2.10. The van der Waals surface area contributed by atoms with Crippen LogP contribution in [0.1, 0.15) is 18.2 Å². The fourth-order valence-corrected chi connectivity index (χ4v) is 2.68. The summed E-state index contributed by atoms with van der Waals surface area (Å²) in [4.78, 5) is 15.0. The second kappa shape index (κ2) is 8.43. The number of nitrogens with zero attached hydrogens (tertiary/aromatic N) is 5. The van der Waals surface area contributed by atoms with E-state index in [4.69, 9.17) is 4.74 Å². The molecule has 27 heavy (non-hydrogen) atoms. The summed E-state index contributed by atoms with van der Waals surface area (Å²) in [5.41, 5.74) is 1.43. The van der Waals surface area contributed by atoms with Crippen LogP contribution in [0.25, 0.3) is 10.8 Å². The Morgan fingerprint density at radius 3 is 2.78 bits per heavy atom. The zero-order chi connectivity index (χ0) is 19.2. The van der Waals surface area contributed by atoms with Crippen molar-refractivity contribution in [2.45, 2.75) is 13.3 Å². The van der Waals surface area contributed by atoms with Gasteiger partial charge in [-0.05, 0) is 37.5 Å². The molecule has 0 aliphatic rings. The topological polar surface area (TPSA) is 87.0 Å². The van der Waals surface area contributed by atoms with E-state index < -0.39 is 0 Å². The molecule has 0 amide bonds. The van der Waals surface area contributed by atoms with Crippen LogP contribution >= 0.6 is 0 Å². The highest BCUT2D eigenvalue weighted by molar-refractivity contribution is 5.87. The first-order chi connectivity index (χ1) is 13.1. The summed E-state index contributed by atoms with van der Waals surface area (Å²) in [7, 11) is 3.90. The Balaban J connectivity index is 1.82. The van der Waals surface area contributed by atoms with Gasteiger partial charge in [0.2, 0.25) is 5.69 Å². The van der Waals surface area contributed by atoms with Crippen LogP contribution in [-0.2, 0) is 6.42 Å². The van der Waals surface area contributed by atoms with Gasteiger partial charge in [-0.15, -0.1) is 0 Å². The minimum absolute atomic E-state index is 0.165. The molecule has 0 atom stereocenters. The number of anilines is 2. The Morgan fingerprint density at radius 1 is 1.19 bits per heavy atom. The third-order valence-electron chi connectivity index (χ3n) is 4.12. The van der Waals surface area contributed by atoms with Gasteiger partial charge in [-0.2, -0.15) is 10.2 Å². The molecule has 3 aromatic rings. The summed E-state index contributed by atoms with van der Waals surface area (Å²) in [5, 5.41) is 14.6. The lowest BCUT2D eigenvalue weighted by atomic mass is 10.1. The van der Waals surface area contributed by atoms with Gasteiger partial charge >= 0.3 is 0 Å². The van der Waals surface area contributed by atoms with Gasteiger partial charge < -0.3 is 15.0 Å². The van der Waals surface area contributed by atoms with E-state index >= 15 is 0 Å². The first-order valence-corrected chi connectivity index (χ1v) is 8.80. The Labute approximate surface area is 158 Å². The van der Waals surface area contributed by atoms with Crippen LogP contribution in [0.15, 0.2) is 36.7 Å². The Morgan fingerprint density at radius 2 is 2.04 bits per heavy atom. The lowest BCUT2D eigenvalue weighted by molar-refractivity contribution is 0.252. The fraction of sp³-hybridized carbons (Fsp3) is 0.300. The molecule has 2 heterocycles. The quantitative estimate of drug-likeness (QED) is 0.691. The molecular formula is C20H22N6O. The number of rotatable bonds is 7. The third kappa shape index (κ3) is 4.49. The van der Waals surface area contributed by atoms with Crippen molar-refractivity contribution in [1.29, 1.82) is 5.26 Å². The number of ether oxygens (including phenoxy) is 1. The van der Waals surface area contributed by atoms with Gasteiger partial charge in [0.1, 0.15) is 18.5 Å². The Bertz CT molecular complexity index is 980. The normalized spacial score (nSPS) is 10.8. The van der Waals surface area contributed by atoms with Gasteiger partial charge in [-0.3, -0.25) is 0 Å². The largest absolute Gasteiger partial charge is 0.474 e. The van der Waals surface area contributed by atoms with Gasteiger partial charge in [0.05, 0.1) is 6.20 Å². The first kappa shape index (κ1) is 18.5. The molecule has 0 saturated carbocycles.